The van der Waals surface area contributed by atoms with Gasteiger partial charge < -0.3 is 4.90 Å². The van der Waals surface area contributed by atoms with Crippen molar-refractivity contribution in [3.05, 3.63) is 33.9 Å². The number of hydrogen-bond donors (Lipinski definition) is 0. The van der Waals surface area contributed by atoms with E-state index in [4.69, 9.17) is 0 Å². The van der Waals surface area contributed by atoms with Crippen molar-refractivity contribution in [3.63, 3.8) is 0 Å². The van der Waals surface area contributed by atoms with Crippen LogP contribution in [0, 0.1) is 15.5 Å². The number of nitro groups is 1. The first-order valence-corrected chi connectivity index (χ1v) is 8.91. The molecule has 1 rings (SSSR count). The highest BCUT2D eigenvalue weighted by Gasteiger charge is 2.29. The second kappa shape index (κ2) is 6.27. The van der Waals surface area contributed by atoms with Gasteiger partial charge in [0, 0.05) is 37.0 Å². The van der Waals surface area contributed by atoms with Crippen LogP contribution in [0.1, 0.15) is 38.1 Å². The molecule has 0 saturated carbocycles. The second-order valence-electron chi connectivity index (χ2n) is 6.70. The van der Waals surface area contributed by atoms with Crippen LogP contribution >= 0.6 is 0 Å². The van der Waals surface area contributed by atoms with Gasteiger partial charge in [0.15, 0.2) is 9.84 Å². The molecule has 1 unspecified atom stereocenters. The van der Waals surface area contributed by atoms with Gasteiger partial charge in [-0.25, -0.2) is 8.42 Å². The molecular weight excluding hydrogens is 320 g/mol. The molecule has 8 heteroatoms. The number of amides is 1. The van der Waals surface area contributed by atoms with Crippen molar-refractivity contribution in [2.24, 2.45) is 5.41 Å². The number of carbonyl (C=O) groups is 1. The molecule has 0 aromatic heterocycles. The number of rotatable bonds is 4. The summed E-state index contributed by atoms with van der Waals surface area (Å²) < 4.78 is 23.4. The first-order valence-electron chi connectivity index (χ1n) is 7.02. The van der Waals surface area contributed by atoms with E-state index >= 15 is 0 Å². The van der Waals surface area contributed by atoms with Crippen molar-refractivity contribution in [1.29, 1.82) is 0 Å². The summed E-state index contributed by atoms with van der Waals surface area (Å²) >= 11 is 0. The lowest BCUT2D eigenvalue weighted by Crippen LogP contribution is -2.43. The van der Waals surface area contributed by atoms with Gasteiger partial charge in [-0.15, -0.1) is 0 Å². The maximum absolute atomic E-state index is 12.6. The number of non-ortho nitro benzene ring substituents is 1. The summed E-state index contributed by atoms with van der Waals surface area (Å²) in [4.78, 5) is 24.1. The van der Waals surface area contributed by atoms with E-state index in [2.05, 4.69) is 0 Å². The lowest BCUT2D eigenvalue weighted by molar-refractivity contribution is -0.385. The van der Waals surface area contributed by atoms with Gasteiger partial charge in [0.2, 0.25) is 0 Å². The number of hydrogen-bond acceptors (Lipinski definition) is 5. The van der Waals surface area contributed by atoms with E-state index in [9.17, 15) is 23.3 Å². The van der Waals surface area contributed by atoms with Gasteiger partial charge in [-0.05, 0) is 18.4 Å². The van der Waals surface area contributed by atoms with Gasteiger partial charge in [0.1, 0.15) is 0 Å². The molecule has 128 valence electrons. The van der Waals surface area contributed by atoms with Gasteiger partial charge >= 0.3 is 0 Å². The van der Waals surface area contributed by atoms with Crippen LogP contribution in [-0.4, -0.2) is 43.5 Å². The minimum absolute atomic E-state index is 0.0155. The van der Waals surface area contributed by atoms with Crippen molar-refractivity contribution in [1.82, 2.24) is 4.90 Å². The van der Waals surface area contributed by atoms with E-state index < -0.39 is 26.4 Å². The number of carbonyl (C=O) groups excluding carboxylic acids is 1. The van der Waals surface area contributed by atoms with E-state index in [1.807, 2.05) is 27.7 Å². The predicted molar refractivity (Wildman–Crippen MR) is 87.2 cm³/mol. The Balaban J connectivity index is 3.39. The molecule has 1 aromatic rings. The molecule has 0 saturated heterocycles. The van der Waals surface area contributed by atoms with Gasteiger partial charge in [-0.2, -0.15) is 0 Å². The van der Waals surface area contributed by atoms with Crippen LogP contribution in [0.25, 0.3) is 0 Å². The number of benzene rings is 1. The Morgan fingerprint density at radius 2 is 1.78 bits per heavy atom. The minimum atomic E-state index is -3.66. The summed E-state index contributed by atoms with van der Waals surface area (Å²) in [6.07, 6.45) is 0.946. The average molecular weight is 342 g/mol. The van der Waals surface area contributed by atoms with Crippen LogP contribution < -0.4 is 0 Å². The Bertz CT molecular complexity index is 735. The molecule has 1 aromatic carbocycles. The molecule has 0 aliphatic rings. The zero-order valence-electron chi connectivity index (χ0n) is 14.2. The fourth-order valence-electron chi connectivity index (χ4n) is 1.99. The number of nitrogens with zero attached hydrogens (tertiary/aromatic N) is 2. The molecule has 0 spiro atoms. The molecule has 0 aliphatic carbocycles. The largest absolute Gasteiger partial charge is 0.338 e. The summed E-state index contributed by atoms with van der Waals surface area (Å²) in [5.41, 5.74) is -0.628. The third-order valence-corrected chi connectivity index (χ3v) is 5.02. The van der Waals surface area contributed by atoms with Crippen LogP contribution in [0.4, 0.5) is 5.69 Å². The molecule has 0 bridgehead atoms. The van der Waals surface area contributed by atoms with Crippen molar-refractivity contribution < 1.29 is 18.1 Å². The highest BCUT2D eigenvalue weighted by Crippen LogP contribution is 2.26. The normalized spacial score (nSPS) is 13.5. The SMILES string of the molecule is CC(N(C)C(=O)c1cc([N+](=O)[O-])cc(S(C)(=O)=O)c1)C(C)(C)C. The fourth-order valence-corrected chi connectivity index (χ4v) is 2.66. The van der Waals surface area contributed by atoms with Crippen LogP contribution in [0.3, 0.4) is 0 Å². The summed E-state index contributed by atoms with van der Waals surface area (Å²) in [6.45, 7) is 7.77. The summed E-state index contributed by atoms with van der Waals surface area (Å²) in [5, 5.41) is 11.0. The Labute approximate surface area is 136 Å². The molecule has 7 nitrogen and oxygen atoms in total. The van der Waals surface area contributed by atoms with Crippen LogP contribution in [-0.2, 0) is 9.84 Å². The molecule has 1 amide bonds. The van der Waals surface area contributed by atoms with Crippen LogP contribution in [0.2, 0.25) is 0 Å². The minimum Gasteiger partial charge on any atom is -0.338 e. The summed E-state index contributed by atoms with van der Waals surface area (Å²) in [6, 6.07) is 3.09. The smallest absolute Gasteiger partial charge is 0.271 e. The lowest BCUT2D eigenvalue weighted by Gasteiger charge is -2.35. The van der Waals surface area contributed by atoms with Gasteiger partial charge in [0.05, 0.1) is 9.82 Å². The molecule has 23 heavy (non-hydrogen) atoms. The molecular formula is C15H22N2O5S. The Kier molecular flexibility index (Phi) is 5.20. The van der Waals surface area contributed by atoms with Crippen molar-refractivity contribution in [2.75, 3.05) is 13.3 Å². The second-order valence-corrected chi connectivity index (χ2v) is 8.72. The zero-order chi connectivity index (χ0) is 18.2. The Hall–Kier alpha value is -1.96. The topological polar surface area (TPSA) is 97.6 Å². The van der Waals surface area contributed by atoms with Crippen molar-refractivity contribution in [3.8, 4) is 0 Å². The third kappa shape index (κ3) is 4.51. The Morgan fingerprint density at radius 3 is 2.17 bits per heavy atom. The first-order chi connectivity index (χ1) is 10.2. The molecule has 0 heterocycles. The van der Waals surface area contributed by atoms with Gasteiger partial charge in [-0.3, -0.25) is 14.9 Å². The number of nitro benzene ring substituents is 1. The highest BCUT2D eigenvalue weighted by molar-refractivity contribution is 7.90. The zero-order valence-corrected chi connectivity index (χ0v) is 15.0. The number of sulfone groups is 1. The Morgan fingerprint density at radius 1 is 1.26 bits per heavy atom. The molecule has 0 radical (unpaired) electrons. The standard InChI is InChI=1S/C15H22N2O5S/c1-10(15(2,3)4)16(5)14(18)11-7-12(17(19)20)9-13(8-11)23(6,21)22/h7-10H,1-6H3. The first kappa shape index (κ1) is 19.1. The highest BCUT2D eigenvalue weighted by atomic mass is 32.2. The molecule has 0 N–H and O–H groups in total. The fraction of sp³-hybridized carbons (Fsp3) is 0.533. The van der Waals surface area contributed by atoms with Gasteiger partial charge in [0.25, 0.3) is 11.6 Å². The summed E-state index contributed by atoms with van der Waals surface area (Å²) in [7, 11) is -2.07. The van der Waals surface area contributed by atoms with Gasteiger partial charge in [-0.1, -0.05) is 20.8 Å². The average Bonchev–Trinajstić information content (AvgIpc) is 2.42. The lowest BCUT2D eigenvalue weighted by atomic mass is 9.87. The van der Waals surface area contributed by atoms with E-state index in [1.54, 1.807) is 7.05 Å². The van der Waals surface area contributed by atoms with E-state index in [0.29, 0.717) is 0 Å². The van der Waals surface area contributed by atoms with Crippen LogP contribution in [0.15, 0.2) is 23.1 Å². The monoisotopic (exact) mass is 342 g/mol. The van der Waals surface area contributed by atoms with Crippen molar-refractivity contribution in [2.45, 2.75) is 38.6 Å². The van der Waals surface area contributed by atoms with Crippen molar-refractivity contribution >= 4 is 21.4 Å². The quantitative estimate of drug-likeness (QED) is 0.618. The van der Waals surface area contributed by atoms with E-state index in [0.717, 1.165) is 18.4 Å². The molecule has 0 aliphatic heterocycles. The molecule has 0 fully saturated rings. The maximum atomic E-state index is 12.6. The maximum Gasteiger partial charge on any atom is 0.271 e. The van der Waals surface area contributed by atoms with E-state index in [1.165, 1.54) is 11.0 Å². The van der Waals surface area contributed by atoms with Crippen LogP contribution in [0.5, 0.6) is 0 Å². The summed E-state index contributed by atoms with van der Waals surface area (Å²) in [5.74, 6) is -0.457. The van der Waals surface area contributed by atoms with E-state index in [-0.39, 0.29) is 21.9 Å². The predicted octanol–water partition coefficient (Wildman–Crippen LogP) is 2.50. The molecule has 1 atom stereocenters. The third-order valence-electron chi connectivity index (χ3n) is 3.93.